The number of fused-ring (bicyclic) bond motifs is 1. The summed E-state index contributed by atoms with van der Waals surface area (Å²) in [6.07, 6.45) is 2.18. The third kappa shape index (κ3) is 1.96. The molecule has 2 fully saturated rings. The third-order valence-corrected chi connectivity index (χ3v) is 3.66. The van der Waals surface area contributed by atoms with Crippen molar-refractivity contribution in [1.82, 2.24) is 4.90 Å². The normalized spacial score (nSPS) is 30.7. The Morgan fingerprint density at radius 2 is 2.39 bits per heavy atom. The number of rotatable bonds is 3. The van der Waals surface area contributed by atoms with E-state index in [1.54, 1.807) is 0 Å². The number of nitrogens with zero attached hydrogens (tertiary/aromatic N) is 1. The number of carbonyl (C=O) groups excluding carboxylic acids is 1. The zero-order valence-corrected chi connectivity index (χ0v) is 10.1. The second-order valence-electron chi connectivity index (χ2n) is 4.65. The second-order valence-corrected chi connectivity index (χ2v) is 4.65. The van der Waals surface area contributed by atoms with Gasteiger partial charge in [0.15, 0.2) is 0 Å². The number of amides is 1. The van der Waals surface area contributed by atoms with Crippen LogP contribution in [0.5, 0.6) is 0 Å². The van der Waals surface area contributed by atoms with Crippen molar-refractivity contribution in [3.8, 4) is 0 Å². The zero-order valence-electron chi connectivity index (χ0n) is 10.1. The lowest BCUT2D eigenvalue weighted by Crippen LogP contribution is -2.57. The van der Waals surface area contributed by atoms with Gasteiger partial charge in [-0.2, -0.15) is 0 Å². The SMILES string of the molecule is C=CCOC(=O)N1CCC[C@@]2(C(=O)O)COC[C@H]12. The van der Waals surface area contributed by atoms with Gasteiger partial charge in [0.25, 0.3) is 0 Å². The van der Waals surface area contributed by atoms with Crippen molar-refractivity contribution in [1.29, 1.82) is 0 Å². The van der Waals surface area contributed by atoms with Crippen molar-refractivity contribution >= 4 is 12.1 Å². The minimum atomic E-state index is -0.967. The summed E-state index contributed by atoms with van der Waals surface area (Å²) in [6, 6.07) is -0.430. The number of hydrogen-bond acceptors (Lipinski definition) is 4. The highest BCUT2D eigenvalue weighted by atomic mass is 16.6. The van der Waals surface area contributed by atoms with Gasteiger partial charge in [0.1, 0.15) is 12.0 Å². The number of ether oxygens (including phenoxy) is 2. The predicted molar refractivity (Wildman–Crippen MR) is 62.2 cm³/mol. The van der Waals surface area contributed by atoms with E-state index in [-0.39, 0.29) is 19.8 Å². The summed E-state index contributed by atoms with van der Waals surface area (Å²) < 4.78 is 10.3. The number of carboxylic acid groups (broad SMARTS) is 1. The summed E-state index contributed by atoms with van der Waals surface area (Å²) in [6.45, 7) is 4.54. The molecule has 2 atom stereocenters. The van der Waals surface area contributed by atoms with Gasteiger partial charge in [-0.25, -0.2) is 4.79 Å². The number of piperidine rings is 1. The molecule has 6 heteroatoms. The Labute approximate surface area is 105 Å². The van der Waals surface area contributed by atoms with E-state index in [4.69, 9.17) is 9.47 Å². The maximum absolute atomic E-state index is 11.9. The first-order chi connectivity index (χ1) is 8.62. The van der Waals surface area contributed by atoms with Crippen LogP contribution in [0.15, 0.2) is 12.7 Å². The lowest BCUT2D eigenvalue weighted by Gasteiger charge is -2.41. The highest BCUT2D eigenvalue weighted by Gasteiger charge is 2.56. The predicted octanol–water partition coefficient (Wildman–Crippen LogP) is 0.875. The fourth-order valence-electron chi connectivity index (χ4n) is 2.70. The average molecular weight is 255 g/mol. The Kier molecular flexibility index (Phi) is 3.56. The third-order valence-electron chi connectivity index (χ3n) is 3.66. The summed E-state index contributed by atoms with van der Waals surface area (Å²) in [7, 11) is 0. The van der Waals surface area contributed by atoms with Crippen LogP contribution in [0.4, 0.5) is 4.79 Å². The molecule has 0 aromatic rings. The molecule has 0 bridgehead atoms. The molecule has 100 valence electrons. The van der Waals surface area contributed by atoms with Crippen LogP contribution in [-0.4, -0.2) is 54.5 Å². The van der Waals surface area contributed by atoms with Gasteiger partial charge in [-0.15, -0.1) is 0 Å². The van der Waals surface area contributed by atoms with Crippen molar-refractivity contribution in [2.24, 2.45) is 5.41 Å². The molecule has 2 aliphatic rings. The van der Waals surface area contributed by atoms with E-state index in [1.165, 1.54) is 11.0 Å². The molecule has 0 aliphatic carbocycles. The first kappa shape index (κ1) is 12.9. The Morgan fingerprint density at radius 3 is 3.06 bits per heavy atom. The van der Waals surface area contributed by atoms with Crippen LogP contribution in [0.2, 0.25) is 0 Å². The van der Waals surface area contributed by atoms with Crippen molar-refractivity contribution < 1.29 is 24.2 Å². The maximum atomic E-state index is 11.9. The van der Waals surface area contributed by atoms with Crippen LogP contribution in [0.25, 0.3) is 0 Å². The molecule has 2 rings (SSSR count). The molecule has 0 aromatic carbocycles. The van der Waals surface area contributed by atoms with Crippen LogP contribution < -0.4 is 0 Å². The first-order valence-electron chi connectivity index (χ1n) is 5.97. The Hall–Kier alpha value is -1.56. The lowest BCUT2D eigenvalue weighted by atomic mass is 9.75. The molecule has 2 heterocycles. The minimum Gasteiger partial charge on any atom is -0.481 e. The Balaban J connectivity index is 2.15. The molecule has 0 aromatic heterocycles. The van der Waals surface area contributed by atoms with Crippen molar-refractivity contribution in [2.75, 3.05) is 26.4 Å². The number of carbonyl (C=O) groups is 2. The standard InChI is InChI=1S/C12H17NO5/c1-2-6-18-11(16)13-5-3-4-12(10(14)15)8-17-7-9(12)13/h2,9H,1,3-8H2,(H,14,15)/t9-,12+/m0/s1. The van der Waals surface area contributed by atoms with Gasteiger partial charge in [-0.1, -0.05) is 12.7 Å². The zero-order chi connectivity index (χ0) is 13.2. The number of likely N-dealkylation sites (tertiary alicyclic amines) is 1. The van der Waals surface area contributed by atoms with Crippen LogP contribution in [0.1, 0.15) is 12.8 Å². The summed E-state index contributed by atoms with van der Waals surface area (Å²) in [4.78, 5) is 24.8. The lowest BCUT2D eigenvalue weighted by molar-refractivity contribution is -0.153. The first-order valence-corrected chi connectivity index (χ1v) is 5.97. The molecule has 2 aliphatic heterocycles. The number of aliphatic carboxylic acids is 1. The molecule has 0 unspecified atom stereocenters. The van der Waals surface area contributed by atoms with Gasteiger partial charge >= 0.3 is 12.1 Å². The fraction of sp³-hybridized carbons (Fsp3) is 0.667. The molecule has 1 N–H and O–H groups in total. The largest absolute Gasteiger partial charge is 0.481 e. The van der Waals surface area contributed by atoms with Crippen LogP contribution in [0, 0.1) is 5.41 Å². The van der Waals surface area contributed by atoms with E-state index in [9.17, 15) is 14.7 Å². The van der Waals surface area contributed by atoms with Crippen molar-refractivity contribution in [3.63, 3.8) is 0 Å². The summed E-state index contributed by atoms with van der Waals surface area (Å²) in [5.74, 6) is -0.897. The van der Waals surface area contributed by atoms with E-state index in [0.717, 1.165) is 0 Å². The summed E-state index contributed by atoms with van der Waals surface area (Å²) >= 11 is 0. The van der Waals surface area contributed by atoms with E-state index in [0.29, 0.717) is 19.4 Å². The Bertz CT molecular complexity index is 369. The smallest absolute Gasteiger partial charge is 0.410 e. The highest BCUT2D eigenvalue weighted by molar-refractivity contribution is 5.78. The fourth-order valence-corrected chi connectivity index (χ4v) is 2.70. The van der Waals surface area contributed by atoms with Gasteiger partial charge in [0, 0.05) is 6.54 Å². The minimum absolute atomic E-state index is 0.128. The molecule has 0 radical (unpaired) electrons. The van der Waals surface area contributed by atoms with Gasteiger partial charge in [-0.3, -0.25) is 4.79 Å². The molecule has 0 spiro atoms. The van der Waals surface area contributed by atoms with Gasteiger partial charge < -0.3 is 19.5 Å². The molecule has 18 heavy (non-hydrogen) atoms. The number of carboxylic acids is 1. The average Bonchev–Trinajstić information content (AvgIpc) is 2.80. The van der Waals surface area contributed by atoms with Gasteiger partial charge in [0.2, 0.25) is 0 Å². The van der Waals surface area contributed by atoms with Crippen molar-refractivity contribution in [2.45, 2.75) is 18.9 Å². The highest BCUT2D eigenvalue weighted by Crippen LogP contribution is 2.41. The van der Waals surface area contributed by atoms with Gasteiger partial charge in [-0.05, 0) is 12.8 Å². The van der Waals surface area contributed by atoms with Crippen LogP contribution >= 0.6 is 0 Å². The molecular weight excluding hydrogens is 238 g/mol. The molecule has 0 saturated carbocycles. The van der Waals surface area contributed by atoms with E-state index >= 15 is 0 Å². The summed E-state index contributed by atoms with van der Waals surface area (Å²) in [5.41, 5.74) is -0.967. The second kappa shape index (κ2) is 4.97. The quantitative estimate of drug-likeness (QED) is 0.757. The topological polar surface area (TPSA) is 76.1 Å². The molecular formula is C12H17NO5. The van der Waals surface area contributed by atoms with Crippen LogP contribution in [0.3, 0.4) is 0 Å². The van der Waals surface area contributed by atoms with E-state index in [1.807, 2.05) is 0 Å². The van der Waals surface area contributed by atoms with E-state index < -0.39 is 23.5 Å². The van der Waals surface area contributed by atoms with Crippen molar-refractivity contribution in [3.05, 3.63) is 12.7 Å². The molecule has 1 amide bonds. The maximum Gasteiger partial charge on any atom is 0.410 e. The van der Waals surface area contributed by atoms with Gasteiger partial charge in [0.05, 0.1) is 19.3 Å². The van der Waals surface area contributed by atoms with Crippen LogP contribution in [-0.2, 0) is 14.3 Å². The molecule has 2 saturated heterocycles. The number of hydrogen-bond donors (Lipinski definition) is 1. The Morgan fingerprint density at radius 1 is 1.61 bits per heavy atom. The summed E-state index contributed by atoms with van der Waals surface area (Å²) in [5, 5.41) is 9.40. The monoisotopic (exact) mass is 255 g/mol. The van der Waals surface area contributed by atoms with E-state index in [2.05, 4.69) is 6.58 Å². The molecule has 6 nitrogen and oxygen atoms in total.